The van der Waals surface area contributed by atoms with Gasteiger partial charge >= 0.3 is 0 Å². The van der Waals surface area contributed by atoms with Crippen LogP contribution < -0.4 is 5.01 Å². The van der Waals surface area contributed by atoms with E-state index in [1.54, 1.807) is 24.3 Å². The number of rotatable bonds is 2. The lowest BCUT2D eigenvalue weighted by atomic mass is 10.0. The van der Waals surface area contributed by atoms with Crippen LogP contribution in [0.15, 0.2) is 33.8 Å². The van der Waals surface area contributed by atoms with Gasteiger partial charge in [-0.2, -0.15) is 10.4 Å². The highest BCUT2D eigenvalue weighted by atomic mass is 79.9. The molecule has 0 bridgehead atoms. The van der Waals surface area contributed by atoms with Gasteiger partial charge in [-0.25, -0.2) is 22.6 Å². The summed E-state index contributed by atoms with van der Waals surface area (Å²) in [5.41, 5.74) is -0.117. The fourth-order valence-electron chi connectivity index (χ4n) is 2.43. The van der Waals surface area contributed by atoms with Crippen molar-refractivity contribution in [3.63, 3.8) is 0 Å². The average Bonchev–Trinajstić information content (AvgIpc) is 3.03. The van der Waals surface area contributed by atoms with Crippen LogP contribution in [-0.2, 0) is 0 Å². The van der Waals surface area contributed by atoms with Crippen molar-refractivity contribution in [2.75, 3.05) is 5.01 Å². The van der Waals surface area contributed by atoms with E-state index in [2.05, 4.69) is 21.0 Å². The third-order valence-corrected chi connectivity index (χ3v) is 4.51. The average molecular weight is 433 g/mol. The van der Waals surface area contributed by atoms with E-state index >= 15 is 0 Å². The van der Waals surface area contributed by atoms with Crippen LogP contribution in [0.4, 0.5) is 23.2 Å². The van der Waals surface area contributed by atoms with E-state index in [0.717, 1.165) is 4.47 Å². The van der Waals surface area contributed by atoms with Crippen LogP contribution >= 0.6 is 27.5 Å². The predicted molar refractivity (Wildman–Crippen MR) is 88.5 cm³/mol. The highest BCUT2D eigenvalue weighted by Crippen LogP contribution is 2.37. The zero-order valence-corrected chi connectivity index (χ0v) is 14.5. The van der Waals surface area contributed by atoms with E-state index in [1.807, 2.05) is 6.07 Å². The first-order valence-electron chi connectivity index (χ1n) is 6.88. The second-order valence-electron chi connectivity index (χ2n) is 5.17. The number of hydrogen-bond donors (Lipinski definition) is 0. The van der Waals surface area contributed by atoms with Gasteiger partial charge in [-0.1, -0.05) is 39.7 Å². The van der Waals surface area contributed by atoms with Gasteiger partial charge in [-0.15, -0.1) is 0 Å². The molecule has 25 heavy (non-hydrogen) atoms. The minimum atomic E-state index is -1.74. The summed E-state index contributed by atoms with van der Waals surface area (Å²) in [5.74, 6) is -6.88. The summed E-state index contributed by atoms with van der Waals surface area (Å²) in [6.45, 7) is 0. The Morgan fingerprint density at radius 3 is 2.16 bits per heavy atom. The highest BCUT2D eigenvalue weighted by molar-refractivity contribution is 9.10. The predicted octanol–water partition coefficient (Wildman–Crippen LogP) is 5.17. The zero-order chi connectivity index (χ0) is 18.3. The molecule has 0 aromatic heterocycles. The van der Waals surface area contributed by atoms with E-state index in [0.29, 0.717) is 16.3 Å². The monoisotopic (exact) mass is 431 g/mol. The Bertz CT molecular complexity index is 895. The molecule has 3 rings (SSSR count). The molecule has 2 aromatic rings. The van der Waals surface area contributed by atoms with Crippen LogP contribution in [-0.4, -0.2) is 11.8 Å². The van der Waals surface area contributed by atoms with Crippen molar-refractivity contribution < 1.29 is 17.6 Å². The summed E-state index contributed by atoms with van der Waals surface area (Å²) < 4.78 is 56.5. The number of benzene rings is 2. The molecule has 1 aliphatic rings. The molecule has 0 fully saturated rings. The molecule has 0 saturated carbocycles. The summed E-state index contributed by atoms with van der Waals surface area (Å²) in [6.07, 6.45) is 0.0306. The number of hydrogen-bond acceptors (Lipinski definition) is 3. The molecule has 128 valence electrons. The first-order chi connectivity index (χ1) is 11.8. The van der Waals surface area contributed by atoms with E-state index in [4.69, 9.17) is 11.6 Å². The highest BCUT2D eigenvalue weighted by Gasteiger charge is 2.36. The smallest absolute Gasteiger partial charge is 0.188 e. The molecule has 9 heteroatoms. The first kappa shape index (κ1) is 17.7. The normalized spacial score (nSPS) is 16.8. The Labute approximate surface area is 153 Å². The molecular formula is C16H7BrClF4N3. The standard InChI is InChI=1S/C16H7BrClF4N3/c17-8-3-1-7(2-4-8)10-5-9(6-23)25(24-10)16-14(21)12(19)11(18)13(20)15(16)22/h1-4,9H,5H2/t9-/m1/s1. The Morgan fingerprint density at radius 1 is 1.08 bits per heavy atom. The van der Waals surface area contributed by atoms with Crippen LogP contribution in [0.25, 0.3) is 0 Å². The fourth-order valence-corrected chi connectivity index (χ4v) is 2.86. The van der Waals surface area contributed by atoms with Crippen molar-refractivity contribution in [3.8, 4) is 6.07 Å². The minimum Gasteiger partial charge on any atom is -0.241 e. The summed E-state index contributed by atoms with van der Waals surface area (Å²) in [5, 5.41) is 12.6. The van der Waals surface area contributed by atoms with Gasteiger partial charge in [0.1, 0.15) is 16.8 Å². The first-order valence-corrected chi connectivity index (χ1v) is 8.06. The van der Waals surface area contributed by atoms with Gasteiger partial charge in [-0.3, -0.25) is 0 Å². The van der Waals surface area contributed by atoms with E-state index in [1.165, 1.54) is 0 Å². The Morgan fingerprint density at radius 2 is 1.64 bits per heavy atom. The van der Waals surface area contributed by atoms with Gasteiger partial charge < -0.3 is 0 Å². The Kier molecular flexibility index (Phi) is 4.71. The van der Waals surface area contributed by atoms with E-state index in [-0.39, 0.29) is 6.42 Å². The van der Waals surface area contributed by atoms with Crippen molar-refractivity contribution >= 4 is 38.9 Å². The van der Waals surface area contributed by atoms with E-state index < -0.39 is 40.0 Å². The molecule has 2 aromatic carbocycles. The van der Waals surface area contributed by atoms with Gasteiger partial charge in [0.2, 0.25) is 0 Å². The minimum absolute atomic E-state index is 0.0306. The van der Waals surface area contributed by atoms with Crippen LogP contribution in [0.1, 0.15) is 12.0 Å². The molecule has 1 heterocycles. The molecule has 0 radical (unpaired) electrons. The second kappa shape index (κ2) is 6.65. The van der Waals surface area contributed by atoms with Crippen molar-refractivity contribution in [2.45, 2.75) is 12.5 Å². The molecule has 0 saturated heterocycles. The maximum atomic E-state index is 14.2. The van der Waals surface area contributed by atoms with Crippen molar-refractivity contribution in [3.05, 3.63) is 62.6 Å². The van der Waals surface area contributed by atoms with Gasteiger partial charge in [0.05, 0.1) is 11.8 Å². The molecule has 0 N–H and O–H groups in total. The van der Waals surface area contributed by atoms with Crippen molar-refractivity contribution in [1.82, 2.24) is 0 Å². The van der Waals surface area contributed by atoms with Gasteiger partial charge in [0, 0.05) is 10.9 Å². The summed E-state index contributed by atoms with van der Waals surface area (Å²) in [4.78, 5) is 0. The molecule has 0 spiro atoms. The Hall–Kier alpha value is -2.11. The lowest BCUT2D eigenvalue weighted by Gasteiger charge is -2.20. The number of anilines is 1. The molecule has 0 aliphatic carbocycles. The van der Waals surface area contributed by atoms with Crippen LogP contribution in [0.2, 0.25) is 5.02 Å². The summed E-state index contributed by atoms with van der Waals surface area (Å²) in [7, 11) is 0. The quantitative estimate of drug-likeness (QED) is 0.373. The molecule has 1 aliphatic heterocycles. The van der Waals surface area contributed by atoms with Crippen LogP contribution in [0.3, 0.4) is 0 Å². The zero-order valence-electron chi connectivity index (χ0n) is 12.2. The molecule has 1 atom stereocenters. The summed E-state index contributed by atoms with van der Waals surface area (Å²) in [6, 6.07) is 7.54. The largest absolute Gasteiger partial charge is 0.241 e. The van der Waals surface area contributed by atoms with Crippen LogP contribution in [0, 0.1) is 34.6 Å². The fraction of sp³-hybridized carbons (Fsp3) is 0.125. The summed E-state index contributed by atoms with van der Waals surface area (Å²) >= 11 is 8.49. The lowest BCUT2D eigenvalue weighted by Crippen LogP contribution is -2.27. The molecular weight excluding hydrogens is 426 g/mol. The van der Waals surface area contributed by atoms with Crippen molar-refractivity contribution in [2.24, 2.45) is 5.10 Å². The van der Waals surface area contributed by atoms with Crippen molar-refractivity contribution in [1.29, 1.82) is 5.26 Å². The van der Waals surface area contributed by atoms with Gasteiger partial charge in [0.15, 0.2) is 23.3 Å². The topological polar surface area (TPSA) is 39.4 Å². The molecule has 0 unspecified atom stereocenters. The number of nitrogens with zero attached hydrogens (tertiary/aromatic N) is 3. The maximum absolute atomic E-state index is 14.2. The third kappa shape index (κ3) is 2.98. The molecule has 3 nitrogen and oxygen atoms in total. The second-order valence-corrected chi connectivity index (χ2v) is 6.46. The maximum Gasteiger partial charge on any atom is 0.188 e. The number of halogens is 6. The molecule has 0 amide bonds. The van der Waals surface area contributed by atoms with Gasteiger partial charge in [0.25, 0.3) is 0 Å². The lowest BCUT2D eigenvalue weighted by molar-refractivity contribution is 0.451. The third-order valence-electron chi connectivity index (χ3n) is 3.65. The van der Waals surface area contributed by atoms with E-state index in [9.17, 15) is 22.8 Å². The number of nitriles is 1. The van der Waals surface area contributed by atoms with Crippen LogP contribution in [0.5, 0.6) is 0 Å². The Balaban J connectivity index is 2.13. The number of hydrazone groups is 1. The van der Waals surface area contributed by atoms with Gasteiger partial charge in [-0.05, 0) is 17.7 Å². The SMILES string of the molecule is N#C[C@H]1CC(c2ccc(Br)cc2)=NN1c1c(F)c(F)c(Cl)c(F)c1F.